The number of carbonyl (C=O) groups is 1. The van der Waals surface area contributed by atoms with Gasteiger partial charge in [-0.15, -0.1) is 0 Å². The molecule has 3 heterocycles. The number of rotatable bonds is 1. The zero-order valence-corrected chi connectivity index (χ0v) is 12.4. The number of piperidine rings is 1. The van der Waals surface area contributed by atoms with Crippen LogP contribution in [-0.2, 0) is 4.74 Å². The minimum atomic E-state index is -0.181. The maximum atomic E-state index is 12.6. The standard InChI is InChI=1S/C16H21NO4/c1-12-9-13(18)10-14(21-12)15(19)17-6-2-3-16(11-17)4-7-20-8-5-16/h9-10H,2-8,11H2,1H3. The molecule has 2 saturated heterocycles. The number of likely N-dealkylation sites (tertiary alicyclic amines) is 1. The molecule has 2 aliphatic rings. The highest BCUT2D eigenvalue weighted by Gasteiger charge is 2.39. The van der Waals surface area contributed by atoms with E-state index in [1.54, 1.807) is 6.92 Å². The topological polar surface area (TPSA) is 59.8 Å². The summed E-state index contributed by atoms with van der Waals surface area (Å²) in [7, 11) is 0. The monoisotopic (exact) mass is 291 g/mol. The fourth-order valence-electron chi connectivity index (χ4n) is 3.46. The van der Waals surface area contributed by atoms with Crippen LogP contribution in [0.3, 0.4) is 0 Å². The van der Waals surface area contributed by atoms with E-state index >= 15 is 0 Å². The molecule has 1 spiro atoms. The summed E-state index contributed by atoms with van der Waals surface area (Å²) in [6.45, 7) is 4.73. The van der Waals surface area contributed by atoms with Gasteiger partial charge < -0.3 is 14.1 Å². The van der Waals surface area contributed by atoms with Crippen LogP contribution in [0.5, 0.6) is 0 Å². The summed E-state index contributed by atoms with van der Waals surface area (Å²) in [5.41, 5.74) is 0.0101. The number of aryl methyl sites for hydroxylation is 1. The van der Waals surface area contributed by atoms with Gasteiger partial charge in [0.2, 0.25) is 0 Å². The molecule has 0 saturated carbocycles. The zero-order valence-electron chi connectivity index (χ0n) is 12.4. The summed E-state index contributed by atoms with van der Waals surface area (Å²) >= 11 is 0. The van der Waals surface area contributed by atoms with E-state index in [9.17, 15) is 9.59 Å². The second kappa shape index (κ2) is 5.64. The van der Waals surface area contributed by atoms with Gasteiger partial charge in [-0.2, -0.15) is 0 Å². The Hall–Kier alpha value is -1.62. The van der Waals surface area contributed by atoms with Crippen LogP contribution < -0.4 is 5.43 Å². The van der Waals surface area contributed by atoms with E-state index in [1.807, 2.05) is 4.90 Å². The summed E-state index contributed by atoms with van der Waals surface area (Å²) in [5, 5.41) is 0. The average Bonchev–Trinajstić information content (AvgIpc) is 2.46. The lowest BCUT2D eigenvalue weighted by Gasteiger charge is -2.44. The largest absolute Gasteiger partial charge is 0.456 e. The van der Waals surface area contributed by atoms with Gasteiger partial charge in [-0.25, -0.2) is 0 Å². The quantitative estimate of drug-likeness (QED) is 0.794. The first-order valence-electron chi connectivity index (χ1n) is 7.57. The van der Waals surface area contributed by atoms with E-state index in [0.717, 1.165) is 52.0 Å². The summed E-state index contributed by atoms with van der Waals surface area (Å²) in [4.78, 5) is 26.0. The van der Waals surface area contributed by atoms with Gasteiger partial charge in [-0.1, -0.05) is 0 Å². The molecule has 114 valence electrons. The Bertz CT molecular complexity index is 581. The molecule has 1 aromatic heterocycles. The molecule has 5 nitrogen and oxygen atoms in total. The van der Waals surface area contributed by atoms with Crippen LogP contribution >= 0.6 is 0 Å². The van der Waals surface area contributed by atoms with E-state index in [0.29, 0.717) is 5.76 Å². The Labute approximate surface area is 123 Å². The lowest BCUT2D eigenvalue weighted by molar-refractivity contribution is -0.0236. The van der Waals surface area contributed by atoms with Gasteiger partial charge in [0.25, 0.3) is 5.91 Å². The lowest BCUT2D eigenvalue weighted by atomic mass is 9.74. The Morgan fingerprint density at radius 2 is 2.00 bits per heavy atom. The molecular weight excluding hydrogens is 270 g/mol. The summed E-state index contributed by atoms with van der Waals surface area (Å²) in [5.74, 6) is 0.467. The highest BCUT2D eigenvalue weighted by Crippen LogP contribution is 2.39. The van der Waals surface area contributed by atoms with Crippen molar-refractivity contribution in [1.29, 1.82) is 0 Å². The molecule has 0 aromatic carbocycles. The zero-order chi connectivity index (χ0) is 14.9. The Balaban J connectivity index is 1.79. The molecule has 0 N–H and O–H groups in total. The molecule has 1 amide bonds. The number of ether oxygens (including phenoxy) is 1. The number of carbonyl (C=O) groups excluding carboxylic acids is 1. The minimum Gasteiger partial charge on any atom is -0.456 e. The number of amides is 1. The summed E-state index contributed by atoms with van der Waals surface area (Å²) < 4.78 is 10.9. The van der Waals surface area contributed by atoms with E-state index in [1.165, 1.54) is 12.1 Å². The van der Waals surface area contributed by atoms with E-state index in [2.05, 4.69) is 0 Å². The second-order valence-corrected chi connectivity index (χ2v) is 6.21. The van der Waals surface area contributed by atoms with Crippen LogP contribution in [0.1, 0.15) is 42.0 Å². The van der Waals surface area contributed by atoms with Crippen molar-refractivity contribution >= 4 is 5.91 Å². The van der Waals surface area contributed by atoms with E-state index in [-0.39, 0.29) is 22.5 Å². The maximum Gasteiger partial charge on any atom is 0.289 e. The number of nitrogens with zero attached hydrogens (tertiary/aromatic N) is 1. The van der Waals surface area contributed by atoms with Crippen LogP contribution in [0, 0.1) is 12.3 Å². The van der Waals surface area contributed by atoms with Crippen LogP contribution in [0.25, 0.3) is 0 Å². The summed E-state index contributed by atoms with van der Waals surface area (Å²) in [6, 6.07) is 2.69. The van der Waals surface area contributed by atoms with Crippen molar-refractivity contribution in [3.8, 4) is 0 Å². The molecule has 3 rings (SSSR count). The predicted molar refractivity (Wildman–Crippen MR) is 77.3 cm³/mol. The highest BCUT2D eigenvalue weighted by atomic mass is 16.5. The van der Waals surface area contributed by atoms with Gasteiger partial charge in [0, 0.05) is 38.4 Å². The number of hydrogen-bond donors (Lipinski definition) is 0. The van der Waals surface area contributed by atoms with Gasteiger partial charge in [0.1, 0.15) is 5.76 Å². The highest BCUT2D eigenvalue weighted by molar-refractivity contribution is 5.91. The third kappa shape index (κ3) is 3.02. The van der Waals surface area contributed by atoms with E-state index < -0.39 is 0 Å². The van der Waals surface area contributed by atoms with Crippen molar-refractivity contribution in [2.24, 2.45) is 5.41 Å². The number of hydrogen-bond acceptors (Lipinski definition) is 4. The SMILES string of the molecule is Cc1cc(=O)cc(C(=O)N2CCCC3(CCOCC3)C2)o1. The second-order valence-electron chi connectivity index (χ2n) is 6.21. The molecule has 0 bridgehead atoms. The Kier molecular flexibility index (Phi) is 3.85. The first-order chi connectivity index (χ1) is 10.1. The van der Waals surface area contributed by atoms with Gasteiger partial charge >= 0.3 is 0 Å². The average molecular weight is 291 g/mol. The first-order valence-corrected chi connectivity index (χ1v) is 7.57. The minimum absolute atomic E-state index is 0.157. The molecule has 21 heavy (non-hydrogen) atoms. The van der Waals surface area contributed by atoms with Gasteiger partial charge in [-0.3, -0.25) is 9.59 Å². The van der Waals surface area contributed by atoms with Crippen molar-refractivity contribution in [3.63, 3.8) is 0 Å². The molecule has 5 heteroatoms. The normalized spacial score (nSPS) is 21.5. The molecule has 1 aromatic rings. The van der Waals surface area contributed by atoms with Crippen molar-refractivity contribution in [2.45, 2.75) is 32.6 Å². The first kappa shape index (κ1) is 14.3. The van der Waals surface area contributed by atoms with Crippen LogP contribution in [0.4, 0.5) is 0 Å². The molecule has 0 atom stereocenters. The summed E-state index contributed by atoms with van der Waals surface area (Å²) in [6.07, 6.45) is 4.17. The van der Waals surface area contributed by atoms with Gasteiger partial charge in [0.05, 0.1) is 0 Å². The van der Waals surface area contributed by atoms with Crippen molar-refractivity contribution < 1.29 is 13.9 Å². The molecular formula is C16H21NO4. The van der Waals surface area contributed by atoms with Crippen molar-refractivity contribution in [2.75, 3.05) is 26.3 Å². The Morgan fingerprint density at radius 1 is 1.24 bits per heavy atom. The van der Waals surface area contributed by atoms with Crippen molar-refractivity contribution in [3.05, 3.63) is 33.9 Å². The Morgan fingerprint density at radius 3 is 2.71 bits per heavy atom. The molecule has 0 unspecified atom stereocenters. The molecule has 2 fully saturated rings. The fourth-order valence-corrected chi connectivity index (χ4v) is 3.46. The predicted octanol–water partition coefficient (Wildman–Crippen LogP) is 1.98. The van der Waals surface area contributed by atoms with Gasteiger partial charge in [-0.05, 0) is 38.0 Å². The smallest absolute Gasteiger partial charge is 0.289 e. The maximum absolute atomic E-state index is 12.6. The molecule has 0 aliphatic carbocycles. The van der Waals surface area contributed by atoms with Crippen LogP contribution in [0.15, 0.2) is 21.3 Å². The van der Waals surface area contributed by atoms with Gasteiger partial charge in [0.15, 0.2) is 11.2 Å². The third-order valence-corrected chi connectivity index (χ3v) is 4.60. The lowest BCUT2D eigenvalue weighted by Crippen LogP contribution is -2.48. The van der Waals surface area contributed by atoms with E-state index in [4.69, 9.17) is 9.15 Å². The third-order valence-electron chi connectivity index (χ3n) is 4.60. The molecule has 0 radical (unpaired) electrons. The fraction of sp³-hybridized carbons (Fsp3) is 0.625. The van der Waals surface area contributed by atoms with Crippen molar-refractivity contribution in [1.82, 2.24) is 4.90 Å². The van der Waals surface area contributed by atoms with Crippen LogP contribution in [0.2, 0.25) is 0 Å². The van der Waals surface area contributed by atoms with Crippen LogP contribution in [-0.4, -0.2) is 37.1 Å². The molecule has 2 aliphatic heterocycles.